The van der Waals surface area contributed by atoms with Crippen LogP contribution in [0.25, 0.3) is 16.6 Å². The molecule has 0 bridgehead atoms. The number of anilines is 2. The van der Waals surface area contributed by atoms with Crippen molar-refractivity contribution in [3.8, 4) is 5.75 Å². The molecule has 0 saturated carbocycles. The molecule has 0 spiro atoms. The minimum Gasteiger partial charge on any atom is -0.494 e. The van der Waals surface area contributed by atoms with Gasteiger partial charge in [0.1, 0.15) is 17.3 Å². The van der Waals surface area contributed by atoms with Crippen molar-refractivity contribution in [3.05, 3.63) is 60.8 Å². The molecule has 0 unspecified atom stereocenters. The summed E-state index contributed by atoms with van der Waals surface area (Å²) in [6.45, 7) is 11.3. The van der Waals surface area contributed by atoms with Gasteiger partial charge in [-0.25, -0.2) is 4.99 Å². The summed E-state index contributed by atoms with van der Waals surface area (Å²) in [5.41, 5.74) is 13.2. The largest absolute Gasteiger partial charge is 0.494 e. The summed E-state index contributed by atoms with van der Waals surface area (Å²) in [6.07, 6.45) is 4.64. The van der Waals surface area contributed by atoms with Gasteiger partial charge < -0.3 is 31.4 Å². The van der Waals surface area contributed by atoms with Crippen LogP contribution < -0.4 is 37.3 Å². The Morgan fingerprint density at radius 2 is 2.03 bits per heavy atom. The van der Waals surface area contributed by atoms with E-state index in [0.717, 1.165) is 28.7 Å². The van der Waals surface area contributed by atoms with Crippen molar-refractivity contribution >= 4 is 45.4 Å². The van der Waals surface area contributed by atoms with Gasteiger partial charge in [-0.15, -0.1) is 0 Å². The van der Waals surface area contributed by atoms with Crippen LogP contribution in [-0.4, -0.2) is 54.3 Å². The number of amides is 1. The van der Waals surface area contributed by atoms with Crippen LogP contribution in [0.1, 0.15) is 26.3 Å². The van der Waals surface area contributed by atoms with Crippen molar-refractivity contribution < 1.29 is 9.53 Å². The number of benzene rings is 2. The summed E-state index contributed by atoms with van der Waals surface area (Å²) in [6, 6.07) is 9.39. The summed E-state index contributed by atoms with van der Waals surface area (Å²) in [5.74, 6) is 6.16. The van der Waals surface area contributed by atoms with Gasteiger partial charge in [-0.1, -0.05) is 12.6 Å². The first-order valence-electron chi connectivity index (χ1n) is 12.5. The van der Waals surface area contributed by atoms with Crippen molar-refractivity contribution in [2.45, 2.75) is 26.3 Å². The molecule has 3 aromatic rings. The van der Waals surface area contributed by atoms with E-state index in [4.69, 9.17) is 16.3 Å². The summed E-state index contributed by atoms with van der Waals surface area (Å²) in [7, 11) is 5.39. The third-order valence-corrected chi connectivity index (χ3v) is 6.01. The van der Waals surface area contributed by atoms with E-state index in [1.807, 2.05) is 43.3 Å². The predicted octanol–water partition coefficient (Wildman–Crippen LogP) is 3.02. The molecule has 11 heteroatoms. The first kappa shape index (κ1) is 29.2. The summed E-state index contributed by atoms with van der Waals surface area (Å²) >= 11 is 0. The SMILES string of the molecule is C=CC(=O)Nc1cc(N=C(N)/C=C(\NN)c2ccc3c(cnn3C)c2)c(OC)cc1N(C)CCNC(C)(C)C. The lowest BCUT2D eigenvalue weighted by molar-refractivity contribution is -0.111. The zero-order valence-corrected chi connectivity index (χ0v) is 23.5. The molecule has 0 aliphatic carbocycles. The number of rotatable bonds is 11. The molecule has 7 N–H and O–H groups in total. The van der Waals surface area contributed by atoms with Gasteiger partial charge in [-0.2, -0.15) is 5.10 Å². The van der Waals surface area contributed by atoms with E-state index in [-0.39, 0.29) is 17.3 Å². The standard InChI is InChI=1S/C28H39N9O2/c1-8-27(38)34-21-14-22(25(39-7)16-24(21)36(5)12-11-31-28(2,3)4)33-26(29)15-20(35-30)18-9-10-23-19(13-18)17-32-37(23)6/h8-10,13-17,31,35H,1,11-12,30H2,2-7H3,(H2,29,33)(H,34,38)/b20-15-. The molecular formula is C28H39N9O2. The highest BCUT2D eigenvalue weighted by Gasteiger charge is 2.17. The number of carbonyl (C=O) groups excluding carboxylic acids is 1. The number of ether oxygens (including phenoxy) is 1. The Morgan fingerprint density at radius 1 is 1.28 bits per heavy atom. The zero-order valence-electron chi connectivity index (χ0n) is 23.5. The number of nitrogens with one attached hydrogen (secondary N) is 3. The number of methoxy groups -OCH3 is 1. The number of aryl methyl sites for hydroxylation is 1. The maximum atomic E-state index is 12.2. The Bertz CT molecular complexity index is 1400. The Kier molecular flexibility index (Phi) is 9.33. The Hall–Kier alpha value is -4.35. The first-order valence-corrected chi connectivity index (χ1v) is 12.5. The van der Waals surface area contributed by atoms with Crippen LogP contribution in [0.4, 0.5) is 17.1 Å². The molecular weight excluding hydrogens is 494 g/mol. The Morgan fingerprint density at radius 3 is 2.67 bits per heavy atom. The van der Waals surface area contributed by atoms with E-state index in [0.29, 0.717) is 29.4 Å². The number of carbonyl (C=O) groups is 1. The van der Waals surface area contributed by atoms with E-state index in [9.17, 15) is 4.79 Å². The van der Waals surface area contributed by atoms with Crippen LogP contribution in [0.2, 0.25) is 0 Å². The van der Waals surface area contributed by atoms with Crippen LogP contribution in [0, 0.1) is 0 Å². The monoisotopic (exact) mass is 533 g/mol. The highest BCUT2D eigenvalue weighted by atomic mass is 16.5. The molecule has 0 aliphatic rings. The smallest absolute Gasteiger partial charge is 0.247 e. The van der Waals surface area contributed by atoms with E-state index in [1.165, 1.54) is 6.08 Å². The minimum absolute atomic E-state index is 0.0109. The molecule has 1 amide bonds. The van der Waals surface area contributed by atoms with Gasteiger partial charge in [0.25, 0.3) is 0 Å². The number of hydrogen-bond acceptors (Lipinski definition) is 8. The van der Waals surface area contributed by atoms with E-state index < -0.39 is 0 Å². The van der Waals surface area contributed by atoms with Gasteiger partial charge in [0.05, 0.1) is 35.9 Å². The number of likely N-dealkylation sites (N-methyl/N-ethyl adjacent to an activating group) is 1. The topological polar surface area (TPSA) is 148 Å². The minimum atomic E-state index is -0.342. The molecule has 0 aliphatic heterocycles. The van der Waals surface area contributed by atoms with Gasteiger partial charge in [-0.3, -0.25) is 15.3 Å². The molecule has 0 fully saturated rings. The predicted molar refractivity (Wildman–Crippen MR) is 160 cm³/mol. The van der Waals surface area contributed by atoms with E-state index in [1.54, 1.807) is 30.1 Å². The molecule has 39 heavy (non-hydrogen) atoms. The van der Waals surface area contributed by atoms with Crippen molar-refractivity contribution in [3.63, 3.8) is 0 Å². The molecule has 0 radical (unpaired) electrons. The number of amidine groups is 1. The maximum absolute atomic E-state index is 12.2. The summed E-state index contributed by atoms with van der Waals surface area (Å²) in [4.78, 5) is 18.8. The lowest BCUT2D eigenvalue weighted by Crippen LogP contribution is -2.40. The number of hydrazine groups is 1. The number of hydrogen-bond donors (Lipinski definition) is 5. The van der Waals surface area contributed by atoms with Crippen molar-refractivity contribution in [1.29, 1.82) is 0 Å². The number of aliphatic imine (C=N–C) groups is 1. The van der Waals surface area contributed by atoms with Gasteiger partial charge in [0, 0.05) is 50.3 Å². The Balaban J connectivity index is 1.98. The molecule has 1 aromatic heterocycles. The fourth-order valence-electron chi connectivity index (χ4n) is 3.99. The molecule has 0 atom stereocenters. The molecule has 1 heterocycles. The average Bonchev–Trinajstić information content (AvgIpc) is 3.26. The molecule has 3 rings (SSSR count). The second-order valence-electron chi connectivity index (χ2n) is 10.1. The zero-order chi connectivity index (χ0) is 28.7. The third kappa shape index (κ3) is 7.59. The maximum Gasteiger partial charge on any atom is 0.247 e. The van der Waals surface area contributed by atoms with Gasteiger partial charge in [0.2, 0.25) is 5.91 Å². The van der Waals surface area contributed by atoms with Gasteiger partial charge in [-0.05, 0) is 50.6 Å². The van der Waals surface area contributed by atoms with Crippen molar-refractivity contribution in [2.24, 2.45) is 23.6 Å². The van der Waals surface area contributed by atoms with Crippen molar-refractivity contribution in [1.82, 2.24) is 20.5 Å². The number of fused-ring (bicyclic) bond motifs is 1. The average molecular weight is 534 g/mol. The third-order valence-electron chi connectivity index (χ3n) is 6.01. The second kappa shape index (κ2) is 12.5. The van der Waals surface area contributed by atoms with Gasteiger partial charge >= 0.3 is 0 Å². The lowest BCUT2D eigenvalue weighted by atomic mass is 10.1. The highest BCUT2D eigenvalue weighted by molar-refractivity contribution is 6.03. The molecule has 11 nitrogen and oxygen atoms in total. The molecule has 0 saturated heterocycles. The number of aromatic nitrogens is 2. The lowest BCUT2D eigenvalue weighted by Gasteiger charge is -2.27. The van der Waals surface area contributed by atoms with Crippen LogP contribution in [0.5, 0.6) is 5.75 Å². The normalized spacial score (nSPS) is 12.4. The summed E-state index contributed by atoms with van der Waals surface area (Å²) < 4.78 is 7.44. The first-order chi connectivity index (χ1) is 18.4. The van der Waals surface area contributed by atoms with Crippen LogP contribution in [0.15, 0.2) is 60.3 Å². The van der Waals surface area contributed by atoms with Gasteiger partial charge in [0.15, 0.2) is 0 Å². The fourth-order valence-corrected chi connectivity index (χ4v) is 3.99. The highest BCUT2D eigenvalue weighted by Crippen LogP contribution is 2.38. The molecule has 2 aromatic carbocycles. The Labute approximate surface area is 229 Å². The van der Waals surface area contributed by atoms with Crippen LogP contribution in [0.3, 0.4) is 0 Å². The van der Waals surface area contributed by atoms with E-state index >= 15 is 0 Å². The number of nitrogens with two attached hydrogens (primary N) is 2. The summed E-state index contributed by atoms with van der Waals surface area (Å²) in [5, 5.41) is 11.6. The second-order valence-corrected chi connectivity index (χ2v) is 10.1. The van der Waals surface area contributed by atoms with E-state index in [2.05, 4.69) is 53.5 Å². The number of nitrogens with zero attached hydrogens (tertiary/aromatic N) is 4. The van der Waals surface area contributed by atoms with Crippen LogP contribution in [-0.2, 0) is 11.8 Å². The molecule has 208 valence electrons. The van der Waals surface area contributed by atoms with Crippen molar-refractivity contribution in [2.75, 3.05) is 37.5 Å². The quantitative estimate of drug-likeness (QED) is 0.0831. The fraction of sp³-hybridized carbons (Fsp3) is 0.321. The van der Waals surface area contributed by atoms with Crippen LogP contribution >= 0.6 is 0 Å².